The minimum Gasteiger partial charge on any atom is -0.497 e. The maximum Gasteiger partial charge on any atom is 0.237 e. The topological polar surface area (TPSA) is 38.3 Å². The summed E-state index contributed by atoms with van der Waals surface area (Å²) in [7, 11) is 1.64. The van der Waals surface area contributed by atoms with Gasteiger partial charge in [0.05, 0.1) is 12.4 Å². The number of carbonyl (C=O) groups excluding carboxylic acids is 1. The predicted octanol–water partition coefficient (Wildman–Crippen LogP) is 4.97. The molecule has 0 aliphatic carbocycles. The number of nitrogens with one attached hydrogen (secondary N) is 1. The normalized spacial score (nSPS) is 11.9. The Morgan fingerprint density at radius 3 is 2.58 bits per heavy atom. The summed E-state index contributed by atoms with van der Waals surface area (Å²) >= 11 is 1.51. The Hall–Kier alpha value is -2.46. The van der Waals surface area contributed by atoms with Gasteiger partial charge >= 0.3 is 0 Å². The zero-order valence-corrected chi connectivity index (χ0v) is 14.5. The fourth-order valence-electron chi connectivity index (χ4n) is 2.44. The standard InChI is InChI=1S/C20H19NO2S/c1-14(24-19-9-5-8-18(13-19)23-2)20(22)21-17-11-10-15-6-3-4-7-16(15)12-17/h3-14H,1-2H3,(H,21,22). The molecule has 0 bridgehead atoms. The van der Waals surface area contributed by atoms with Crippen molar-refractivity contribution in [1.29, 1.82) is 0 Å². The van der Waals surface area contributed by atoms with Gasteiger partial charge in [0.25, 0.3) is 0 Å². The van der Waals surface area contributed by atoms with E-state index in [1.54, 1.807) is 7.11 Å². The van der Waals surface area contributed by atoms with Gasteiger partial charge in [-0.05, 0) is 48.0 Å². The SMILES string of the molecule is COc1cccc(SC(C)C(=O)Nc2ccc3ccccc3c2)c1. The lowest BCUT2D eigenvalue weighted by Gasteiger charge is -2.13. The first kappa shape index (κ1) is 16.4. The number of ether oxygens (including phenoxy) is 1. The van der Waals surface area contributed by atoms with Crippen molar-refractivity contribution < 1.29 is 9.53 Å². The number of thioether (sulfide) groups is 1. The fraction of sp³-hybridized carbons (Fsp3) is 0.150. The van der Waals surface area contributed by atoms with Crippen molar-refractivity contribution in [3.8, 4) is 5.75 Å². The molecule has 3 nitrogen and oxygen atoms in total. The molecule has 4 heteroatoms. The molecule has 1 unspecified atom stereocenters. The number of fused-ring (bicyclic) bond motifs is 1. The minimum atomic E-state index is -0.205. The van der Waals surface area contributed by atoms with Crippen LogP contribution in [0.25, 0.3) is 10.8 Å². The second-order valence-corrected chi connectivity index (χ2v) is 6.90. The minimum absolute atomic E-state index is 0.0156. The van der Waals surface area contributed by atoms with Crippen LogP contribution in [0, 0.1) is 0 Å². The largest absolute Gasteiger partial charge is 0.497 e. The number of amides is 1. The maximum absolute atomic E-state index is 12.4. The number of rotatable bonds is 5. The second-order valence-electron chi connectivity index (χ2n) is 5.49. The van der Waals surface area contributed by atoms with E-state index in [9.17, 15) is 4.79 Å². The van der Waals surface area contributed by atoms with Crippen molar-refractivity contribution >= 4 is 34.1 Å². The monoisotopic (exact) mass is 337 g/mol. The first-order valence-electron chi connectivity index (χ1n) is 7.76. The number of benzene rings is 3. The van der Waals surface area contributed by atoms with Crippen molar-refractivity contribution in [1.82, 2.24) is 0 Å². The van der Waals surface area contributed by atoms with Crippen molar-refractivity contribution in [2.45, 2.75) is 17.1 Å². The number of carbonyl (C=O) groups is 1. The van der Waals surface area contributed by atoms with Crippen LogP contribution in [-0.2, 0) is 4.79 Å². The van der Waals surface area contributed by atoms with Crippen LogP contribution in [0.1, 0.15) is 6.92 Å². The molecule has 0 saturated carbocycles. The molecule has 1 amide bonds. The van der Waals surface area contributed by atoms with Gasteiger partial charge in [-0.15, -0.1) is 11.8 Å². The number of hydrogen-bond donors (Lipinski definition) is 1. The molecule has 1 N–H and O–H groups in total. The Kier molecular flexibility index (Phi) is 5.06. The molecule has 24 heavy (non-hydrogen) atoms. The third kappa shape index (κ3) is 3.89. The molecule has 0 spiro atoms. The fourth-order valence-corrected chi connectivity index (χ4v) is 3.36. The lowest BCUT2D eigenvalue weighted by Crippen LogP contribution is -2.22. The first-order valence-corrected chi connectivity index (χ1v) is 8.64. The van der Waals surface area contributed by atoms with E-state index >= 15 is 0 Å². The van der Waals surface area contributed by atoms with E-state index in [0.717, 1.165) is 27.1 Å². The second kappa shape index (κ2) is 7.41. The molecule has 0 fully saturated rings. The van der Waals surface area contributed by atoms with Gasteiger partial charge in [-0.1, -0.05) is 36.4 Å². The maximum atomic E-state index is 12.4. The molecule has 0 radical (unpaired) electrons. The van der Waals surface area contributed by atoms with E-state index in [4.69, 9.17) is 4.74 Å². The number of anilines is 1. The zero-order valence-electron chi connectivity index (χ0n) is 13.7. The third-order valence-corrected chi connectivity index (χ3v) is 4.83. The number of methoxy groups -OCH3 is 1. The summed E-state index contributed by atoms with van der Waals surface area (Å²) in [6, 6.07) is 21.8. The summed E-state index contributed by atoms with van der Waals surface area (Å²) < 4.78 is 5.22. The predicted molar refractivity (Wildman–Crippen MR) is 101 cm³/mol. The van der Waals surface area contributed by atoms with Gasteiger partial charge < -0.3 is 10.1 Å². The van der Waals surface area contributed by atoms with Crippen LogP contribution in [0.2, 0.25) is 0 Å². The summed E-state index contributed by atoms with van der Waals surface area (Å²) in [6.07, 6.45) is 0. The summed E-state index contributed by atoms with van der Waals surface area (Å²) in [5.74, 6) is 0.778. The van der Waals surface area contributed by atoms with E-state index in [1.165, 1.54) is 11.8 Å². The van der Waals surface area contributed by atoms with E-state index in [0.29, 0.717) is 0 Å². The van der Waals surface area contributed by atoms with Gasteiger partial charge in [-0.3, -0.25) is 4.79 Å². The molecule has 3 aromatic rings. The highest BCUT2D eigenvalue weighted by molar-refractivity contribution is 8.00. The zero-order chi connectivity index (χ0) is 16.9. The van der Waals surface area contributed by atoms with Crippen LogP contribution in [-0.4, -0.2) is 18.3 Å². The molecular formula is C20H19NO2S. The summed E-state index contributed by atoms with van der Waals surface area (Å²) in [5, 5.41) is 5.06. The molecule has 0 aliphatic rings. The highest BCUT2D eigenvalue weighted by atomic mass is 32.2. The van der Waals surface area contributed by atoms with Gasteiger partial charge in [-0.25, -0.2) is 0 Å². The quantitative estimate of drug-likeness (QED) is 0.668. The van der Waals surface area contributed by atoms with E-state index in [1.807, 2.05) is 67.6 Å². The summed E-state index contributed by atoms with van der Waals surface area (Å²) in [5.41, 5.74) is 0.816. The van der Waals surface area contributed by atoms with Gasteiger partial charge in [0.1, 0.15) is 5.75 Å². The van der Waals surface area contributed by atoms with Crippen molar-refractivity contribution in [2.75, 3.05) is 12.4 Å². The molecule has 0 saturated heterocycles. The average molecular weight is 337 g/mol. The molecule has 122 valence electrons. The molecular weight excluding hydrogens is 318 g/mol. The van der Waals surface area contributed by atoms with Crippen LogP contribution in [0.5, 0.6) is 5.75 Å². The lowest BCUT2D eigenvalue weighted by molar-refractivity contribution is -0.115. The Bertz CT molecular complexity index is 863. The van der Waals surface area contributed by atoms with E-state index < -0.39 is 0 Å². The van der Waals surface area contributed by atoms with Crippen molar-refractivity contribution in [3.05, 3.63) is 66.7 Å². The van der Waals surface area contributed by atoms with Crippen LogP contribution in [0.15, 0.2) is 71.6 Å². The Morgan fingerprint density at radius 1 is 1.00 bits per heavy atom. The molecule has 3 rings (SSSR count). The van der Waals surface area contributed by atoms with Gasteiger partial charge in [-0.2, -0.15) is 0 Å². The van der Waals surface area contributed by atoms with Gasteiger partial charge in [0, 0.05) is 10.6 Å². The highest BCUT2D eigenvalue weighted by Crippen LogP contribution is 2.27. The molecule has 3 aromatic carbocycles. The summed E-state index contributed by atoms with van der Waals surface area (Å²) in [4.78, 5) is 13.5. The highest BCUT2D eigenvalue weighted by Gasteiger charge is 2.15. The first-order chi connectivity index (χ1) is 11.7. The molecule has 0 heterocycles. The van der Waals surface area contributed by atoms with Crippen LogP contribution >= 0.6 is 11.8 Å². The van der Waals surface area contributed by atoms with E-state index in [2.05, 4.69) is 11.4 Å². The van der Waals surface area contributed by atoms with Crippen LogP contribution in [0.3, 0.4) is 0 Å². The van der Waals surface area contributed by atoms with Crippen molar-refractivity contribution in [3.63, 3.8) is 0 Å². The smallest absolute Gasteiger partial charge is 0.237 e. The third-order valence-electron chi connectivity index (χ3n) is 3.74. The Balaban J connectivity index is 1.68. The lowest BCUT2D eigenvalue weighted by atomic mass is 10.1. The van der Waals surface area contributed by atoms with Crippen LogP contribution < -0.4 is 10.1 Å². The average Bonchev–Trinajstić information content (AvgIpc) is 2.61. The Morgan fingerprint density at radius 2 is 1.79 bits per heavy atom. The molecule has 0 aliphatic heterocycles. The molecule has 0 aromatic heterocycles. The van der Waals surface area contributed by atoms with Crippen LogP contribution in [0.4, 0.5) is 5.69 Å². The van der Waals surface area contributed by atoms with Gasteiger partial charge in [0.2, 0.25) is 5.91 Å². The van der Waals surface area contributed by atoms with Gasteiger partial charge in [0.15, 0.2) is 0 Å². The Labute approximate surface area is 146 Å². The van der Waals surface area contributed by atoms with E-state index in [-0.39, 0.29) is 11.2 Å². The summed E-state index contributed by atoms with van der Waals surface area (Å²) in [6.45, 7) is 1.90. The van der Waals surface area contributed by atoms with Crippen molar-refractivity contribution in [2.24, 2.45) is 0 Å². The number of hydrogen-bond acceptors (Lipinski definition) is 3. The molecule has 1 atom stereocenters.